The van der Waals surface area contributed by atoms with Gasteiger partial charge in [-0.2, -0.15) is 18.4 Å². The highest BCUT2D eigenvalue weighted by molar-refractivity contribution is 5.91. The molecule has 1 aliphatic rings. The fourth-order valence-electron chi connectivity index (χ4n) is 4.23. The van der Waals surface area contributed by atoms with Crippen molar-refractivity contribution in [1.29, 1.82) is 5.26 Å². The van der Waals surface area contributed by atoms with E-state index < -0.39 is 23.3 Å². The Bertz CT molecular complexity index is 1550. The van der Waals surface area contributed by atoms with E-state index in [4.69, 9.17) is 4.52 Å². The number of hydrogen-bond donors (Lipinski definition) is 1. The molecule has 3 aromatic heterocycles. The second-order valence-corrected chi connectivity index (χ2v) is 9.16. The average molecular weight is 524 g/mol. The topological polar surface area (TPSA) is 110 Å². The Labute approximate surface area is 213 Å². The minimum atomic E-state index is -4.47. The summed E-state index contributed by atoms with van der Waals surface area (Å²) < 4.78 is 61.0. The Kier molecular flexibility index (Phi) is 6.22. The highest BCUT2D eigenvalue weighted by Crippen LogP contribution is 2.59. The predicted octanol–water partition coefficient (Wildman–Crippen LogP) is 4.85. The molecule has 0 bridgehead atoms. The van der Waals surface area contributed by atoms with Gasteiger partial charge in [-0.3, -0.25) is 4.79 Å². The highest BCUT2D eigenvalue weighted by atomic mass is 19.4. The van der Waals surface area contributed by atoms with E-state index in [2.05, 4.69) is 26.5 Å². The maximum Gasteiger partial charge on any atom is 0.401 e. The molecule has 1 amide bonds. The van der Waals surface area contributed by atoms with Crippen LogP contribution in [-0.2, 0) is 30.1 Å². The summed E-state index contributed by atoms with van der Waals surface area (Å²) in [6.45, 7) is 0. The number of nitriles is 1. The lowest BCUT2D eigenvalue weighted by Gasteiger charge is -2.14. The Balaban J connectivity index is 1.22. The Morgan fingerprint density at radius 3 is 2.53 bits per heavy atom. The number of carbonyl (C=O) groups excluding carboxylic acids is 1. The number of amides is 1. The molecule has 1 aliphatic carbocycles. The molecule has 0 atom stereocenters. The van der Waals surface area contributed by atoms with Crippen LogP contribution in [0.4, 0.5) is 23.4 Å². The quantitative estimate of drug-likeness (QED) is 0.346. The average Bonchev–Trinajstić information content (AvgIpc) is 3.46. The van der Waals surface area contributed by atoms with Gasteiger partial charge in [-0.25, -0.2) is 14.4 Å². The third-order valence-electron chi connectivity index (χ3n) is 6.60. The highest BCUT2D eigenvalue weighted by Gasteiger charge is 2.66. The molecule has 0 radical (unpaired) electrons. The van der Waals surface area contributed by atoms with Gasteiger partial charge in [0.15, 0.2) is 11.6 Å². The first-order valence-electron chi connectivity index (χ1n) is 11.6. The van der Waals surface area contributed by atoms with Crippen LogP contribution in [0.3, 0.4) is 0 Å². The van der Waals surface area contributed by atoms with Crippen LogP contribution in [0.5, 0.6) is 0 Å². The molecule has 12 heteroatoms. The standard InChI is InChI=1S/C26H20F4N6O2/c1-36-7-4-17(20(36)12-31)9-22-32-13-18(14-33-22)15-2-3-16(19(27)8-15)10-24(37)34-23-11-21(38-35-23)25(5-6-25)26(28,29)30/h2-4,7-8,11,13-14H,5-6,9-10H2,1H3,(H,34,35,37). The first-order chi connectivity index (χ1) is 18.1. The molecule has 0 unspecified atom stereocenters. The van der Waals surface area contributed by atoms with E-state index in [0.29, 0.717) is 29.1 Å². The van der Waals surface area contributed by atoms with Crippen LogP contribution in [0, 0.1) is 17.1 Å². The number of nitrogens with one attached hydrogen (secondary N) is 1. The van der Waals surface area contributed by atoms with E-state index >= 15 is 0 Å². The molecular weight excluding hydrogens is 504 g/mol. The van der Waals surface area contributed by atoms with Gasteiger partial charge in [-0.05, 0) is 41.7 Å². The normalized spacial score (nSPS) is 14.2. The summed E-state index contributed by atoms with van der Waals surface area (Å²) in [7, 11) is 1.78. The van der Waals surface area contributed by atoms with Crippen LogP contribution >= 0.6 is 0 Å². The first kappa shape index (κ1) is 25.1. The van der Waals surface area contributed by atoms with E-state index in [-0.39, 0.29) is 36.4 Å². The number of aryl methyl sites for hydroxylation is 1. The fraction of sp³-hybridized carbons (Fsp3) is 0.269. The summed E-state index contributed by atoms with van der Waals surface area (Å²) in [5.41, 5.74) is 0.426. The van der Waals surface area contributed by atoms with Gasteiger partial charge >= 0.3 is 6.18 Å². The van der Waals surface area contributed by atoms with Crippen LogP contribution in [0.15, 0.2) is 53.4 Å². The van der Waals surface area contributed by atoms with E-state index in [1.807, 2.05) is 6.07 Å². The molecule has 4 aromatic rings. The number of rotatable bonds is 7. The largest absolute Gasteiger partial charge is 0.401 e. The summed E-state index contributed by atoms with van der Waals surface area (Å²) in [4.78, 5) is 21.0. The Morgan fingerprint density at radius 1 is 1.16 bits per heavy atom. The number of halogens is 4. The maximum atomic E-state index is 14.8. The molecule has 3 heterocycles. The van der Waals surface area contributed by atoms with Crippen molar-refractivity contribution in [2.24, 2.45) is 7.05 Å². The zero-order valence-corrected chi connectivity index (χ0v) is 20.0. The molecule has 1 aromatic carbocycles. The minimum absolute atomic E-state index is 0.0922. The Hall–Kier alpha value is -4.53. The Morgan fingerprint density at radius 2 is 1.89 bits per heavy atom. The molecule has 0 aliphatic heterocycles. The summed E-state index contributed by atoms with van der Waals surface area (Å²) >= 11 is 0. The smallest absolute Gasteiger partial charge is 0.358 e. The van der Waals surface area contributed by atoms with E-state index in [9.17, 15) is 27.6 Å². The number of aromatic nitrogens is 4. The molecule has 0 saturated heterocycles. The van der Waals surface area contributed by atoms with Crippen LogP contribution < -0.4 is 5.32 Å². The fourth-order valence-corrected chi connectivity index (χ4v) is 4.23. The third-order valence-corrected chi connectivity index (χ3v) is 6.60. The van der Waals surface area contributed by atoms with E-state index in [1.165, 1.54) is 12.1 Å². The first-order valence-corrected chi connectivity index (χ1v) is 11.6. The SMILES string of the molecule is Cn1ccc(Cc2ncc(-c3ccc(CC(=O)Nc4cc(C5(C(F)(F)F)CC5)on4)c(F)c3)cn2)c1C#N. The minimum Gasteiger partial charge on any atom is -0.358 e. The lowest BCUT2D eigenvalue weighted by Crippen LogP contribution is -2.28. The summed E-state index contributed by atoms with van der Waals surface area (Å²) in [5.74, 6) is -1.30. The summed E-state index contributed by atoms with van der Waals surface area (Å²) in [6, 6.07) is 9.33. The van der Waals surface area contributed by atoms with Crippen molar-refractivity contribution in [3.63, 3.8) is 0 Å². The third kappa shape index (κ3) is 4.74. The summed E-state index contributed by atoms with van der Waals surface area (Å²) in [6.07, 6.45) is 0.241. The molecule has 1 fully saturated rings. The van der Waals surface area contributed by atoms with Gasteiger partial charge in [0.2, 0.25) is 5.91 Å². The van der Waals surface area contributed by atoms with Crippen molar-refractivity contribution < 1.29 is 26.9 Å². The van der Waals surface area contributed by atoms with Crippen molar-refractivity contribution in [2.45, 2.75) is 37.3 Å². The van der Waals surface area contributed by atoms with E-state index in [0.717, 1.165) is 11.6 Å². The maximum absolute atomic E-state index is 14.8. The molecule has 38 heavy (non-hydrogen) atoms. The van der Waals surface area contributed by atoms with Crippen molar-refractivity contribution in [1.82, 2.24) is 19.7 Å². The molecule has 0 spiro atoms. The second-order valence-electron chi connectivity index (χ2n) is 9.16. The second kappa shape index (κ2) is 9.41. The van der Waals surface area contributed by atoms with Gasteiger partial charge in [0, 0.05) is 43.7 Å². The van der Waals surface area contributed by atoms with Gasteiger partial charge in [-0.15, -0.1) is 0 Å². The van der Waals surface area contributed by atoms with Gasteiger partial charge in [0.25, 0.3) is 0 Å². The predicted molar refractivity (Wildman–Crippen MR) is 126 cm³/mol. The molecule has 194 valence electrons. The zero-order valence-electron chi connectivity index (χ0n) is 20.0. The number of hydrogen-bond acceptors (Lipinski definition) is 6. The van der Waals surface area contributed by atoms with Crippen molar-refractivity contribution in [3.8, 4) is 17.2 Å². The molecule has 1 N–H and O–H groups in total. The van der Waals surface area contributed by atoms with Crippen molar-refractivity contribution in [3.05, 3.63) is 83.1 Å². The van der Waals surface area contributed by atoms with Crippen LogP contribution in [-0.4, -0.2) is 31.8 Å². The van der Waals surface area contributed by atoms with Crippen molar-refractivity contribution in [2.75, 3.05) is 5.32 Å². The number of benzene rings is 1. The van der Waals surface area contributed by atoms with Gasteiger partial charge in [0.1, 0.15) is 28.8 Å². The van der Waals surface area contributed by atoms with Gasteiger partial charge in [0.05, 0.1) is 6.42 Å². The van der Waals surface area contributed by atoms with E-state index in [1.54, 1.807) is 36.3 Å². The number of alkyl halides is 3. The number of nitrogens with zero attached hydrogens (tertiary/aromatic N) is 5. The number of anilines is 1. The van der Waals surface area contributed by atoms with Gasteiger partial charge < -0.3 is 14.4 Å². The van der Waals surface area contributed by atoms with Crippen LogP contribution in [0.1, 0.15) is 41.2 Å². The van der Waals surface area contributed by atoms with Crippen LogP contribution in [0.2, 0.25) is 0 Å². The molecule has 8 nitrogen and oxygen atoms in total. The van der Waals surface area contributed by atoms with Crippen molar-refractivity contribution >= 4 is 11.7 Å². The lowest BCUT2D eigenvalue weighted by molar-refractivity contribution is -0.165. The monoisotopic (exact) mass is 524 g/mol. The van der Waals surface area contributed by atoms with Crippen LogP contribution in [0.25, 0.3) is 11.1 Å². The molecular formula is C26H20F4N6O2. The zero-order chi connectivity index (χ0) is 27.1. The molecule has 1 saturated carbocycles. The van der Waals surface area contributed by atoms with Gasteiger partial charge in [-0.1, -0.05) is 17.3 Å². The summed E-state index contributed by atoms with van der Waals surface area (Å²) in [5, 5.41) is 15.1. The molecule has 5 rings (SSSR count). The lowest BCUT2D eigenvalue weighted by atomic mass is 10.0. The number of carbonyl (C=O) groups is 1.